The molecule has 1 aliphatic heterocycles. The van der Waals surface area contributed by atoms with Crippen LogP contribution in [0.5, 0.6) is 5.75 Å². The summed E-state index contributed by atoms with van der Waals surface area (Å²) in [5.41, 5.74) is 0.894. The Hall–Kier alpha value is -2.41. The number of piperidine rings is 1. The van der Waals surface area contributed by atoms with E-state index in [1.165, 1.54) is 0 Å². The fourth-order valence-corrected chi connectivity index (χ4v) is 3.16. The summed E-state index contributed by atoms with van der Waals surface area (Å²) in [4.78, 5) is 20.0. The SMILES string of the molecule is COc1ccc(-c2noc(CN(C)CC3CCC(=O)N(C)C3)n2)cc1. The van der Waals surface area contributed by atoms with Crippen LogP contribution in [-0.2, 0) is 11.3 Å². The lowest BCUT2D eigenvalue weighted by Crippen LogP contribution is -2.41. The highest BCUT2D eigenvalue weighted by molar-refractivity contribution is 5.76. The topological polar surface area (TPSA) is 71.7 Å². The zero-order valence-electron chi connectivity index (χ0n) is 14.9. The molecule has 1 aromatic heterocycles. The molecule has 25 heavy (non-hydrogen) atoms. The number of hydrogen-bond donors (Lipinski definition) is 0. The second-order valence-electron chi connectivity index (χ2n) is 6.62. The Morgan fingerprint density at radius 1 is 1.36 bits per heavy atom. The molecular weight excluding hydrogens is 320 g/mol. The van der Waals surface area contributed by atoms with Gasteiger partial charge in [-0.15, -0.1) is 0 Å². The minimum atomic E-state index is 0.236. The van der Waals surface area contributed by atoms with Crippen molar-refractivity contribution in [3.63, 3.8) is 0 Å². The summed E-state index contributed by atoms with van der Waals surface area (Å²) in [6.45, 7) is 2.30. The molecule has 0 N–H and O–H groups in total. The van der Waals surface area contributed by atoms with Gasteiger partial charge in [0.25, 0.3) is 0 Å². The summed E-state index contributed by atoms with van der Waals surface area (Å²) in [6, 6.07) is 7.56. The number of methoxy groups -OCH3 is 1. The molecule has 0 aliphatic carbocycles. The number of benzene rings is 1. The fraction of sp³-hybridized carbons (Fsp3) is 0.500. The first-order valence-electron chi connectivity index (χ1n) is 8.44. The van der Waals surface area contributed by atoms with Crippen LogP contribution in [0.3, 0.4) is 0 Å². The Bertz CT molecular complexity index is 713. The Morgan fingerprint density at radius 3 is 2.80 bits per heavy atom. The van der Waals surface area contributed by atoms with Crippen molar-refractivity contribution in [2.45, 2.75) is 19.4 Å². The van der Waals surface area contributed by atoms with Crippen LogP contribution in [0.25, 0.3) is 11.4 Å². The average molecular weight is 344 g/mol. The lowest BCUT2D eigenvalue weighted by molar-refractivity contribution is -0.133. The molecule has 3 rings (SSSR count). The number of aromatic nitrogens is 2. The first-order chi connectivity index (χ1) is 12.0. The van der Waals surface area contributed by atoms with Gasteiger partial charge in [0.2, 0.25) is 17.6 Å². The number of carbonyl (C=O) groups excluding carboxylic acids is 1. The molecule has 0 spiro atoms. The minimum absolute atomic E-state index is 0.236. The summed E-state index contributed by atoms with van der Waals surface area (Å²) in [6.07, 6.45) is 1.58. The van der Waals surface area contributed by atoms with E-state index in [-0.39, 0.29) is 5.91 Å². The highest BCUT2D eigenvalue weighted by atomic mass is 16.5. The third kappa shape index (κ3) is 4.36. The Labute approximate surface area is 147 Å². The highest BCUT2D eigenvalue weighted by Gasteiger charge is 2.24. The van der Waals surface area contributed by atoms with E-state index < -0.39 is 0 Å². The molecule has 1 fully saturated rings. The second-order valence-corrected chi connectivity index (χ2v) is 6.62. The Kier molecular flexibility index (Phi) is 5.33. The van der Waals surface area contributed by atoms with Gasteiger partial charge in [-0.25, -0.2) is 0 Å². The zero-order chi connectivity index (χ0) is 17.8. The zero-order valence-corrected chi connectivity index (χ0v) is 14.9. The van der Waals surface area contributed by atoms with Crippen LogP contribution < -0.4 is 4.74 Å². The number of ether oxygens (including phenoxy) is 1. The third-order valence-electron chi connectivity index (χ3n) is 4.52. The number of amides is 1. The van der Waals surface area contributed by atoms with Gasteiger partial charge in [-0.2, -0.15) is 4.98 Å². The Morgan fingerprint density at radius 2 is 2.12 bits per heavy atom. The van der Waals surface area contributed by atoms with Gasteiger partial charge in [0.05, 0.1) is 13.7 Å². The van der Waals surface area contributed by atoms with E-state index in [0.29, 0.717) is 30.6 Å². The van der Waals surface area contributed by atoms with Crippen molar-refractivity contribution in [1.82, 2.24) is 19.9 Å². The molecule has 1 atom stereocenters. The molecule has 134 valence electrons. The van der Waals surface area contributed by atoms with Gasteiger partial charge in [-0.05, 0) is 43.7 Å². The second kappa shape index (κ2) is 7.65. The van der Waals surface area contributed by atoms with E-state index in [1.807, 2.05) is 43.3 Å². The van der Waals surface area contributed by atoms with Crippen molar-refractivity contribution in [2.75, 3.05) is 34.3 Å². The van der Waals surface area contributed by atoms with Crippen molar-refractivity contribution in [2.24, 2.45) is 5.92 Å². The molecule has 1 amide bonds. The molecule has 0 saturated carbocycles. The molecule has 0 radical (unpaired) electrons. The van der Waals surface area contributed by atoms with Crippen molar-refractivity contribution in [1.29, 1.82) is 0 Å². The molecule has 1 aromatic carbocycles. The maximum atomic E-state index is 11.6. The maximum absolute atomic E-state index is 11.6. The van der Waals surface area contributed by atoms with Crippen molar-refractivity contribution in [3.8, 4) is 17.1 Å². The molecule has 1 unspecified atom stereocenters. The summed E-state index contributed by atoms with van der Waals surface area (Å²) < 4.78 is 10.5. The van der Waals surface area contributed by atoms with Gasteiger partial charge in [0.1, 0.15) is 5.75 Å². The van der Waals surface area contributed by atoms with E-state index in [4.69, 9.17) is 9.26 Å². The molecule has 7 heteroatoms. The highest BCUT2D eigenvalue weighted by Crippen LogP contribution is 2.21. The minimum Gasteiger partial charge on any atom is -0.497 e. The first-order valence-corrected chi connectivity index (χ1v) is 8.44. The van der Waals surface area contributed by atoms with Gasteiger partial charge in [0, 0.05) is 32.1 Å². The molecule has 1 aliphatic rings. The van der Waals surface area contributed by atoms with Crippen LogP contribution in [0.2, 0.25) is 0 Å². The Balaban J connectivity index is 1.56. The molecule has 2 heterocycles. The summed E-state index contributed by atoms with van der Waals surface area (Å²) in [7, 11) is 5.54. The van der Waals surface area contributed by atoms with Crippen LogP contribution in [0, 0.1) is 5.92 Å². The van der Waals surface area contributed by atoms with Gasteiger partial charge in [-0.3, -0.25) is 9.69 Å². The van der Waals surface area contributed by atoms with E-state index in [2.05, 4.69) is 15.0 Å². The van der Waals surface area contributed by atoms with E-state index in [9.17, 15) is 4.79 Å². The van der Waals surface area contributed by atoms with Gasteiger partial charge >= 0.3 is 0 Å². The van der Waals surface area contributed by atoms with Crippen LogP contribution >= 0.6 is 0 Å². The van der Waals surface area contributed by atoms with Crippen LogP contribution in [0.15, 0.2) is 28.8 Å². The number of carbonyl (C=O) groups is 1. The maximum Gasteiger partial charge on any atom is 0.241 e. The van der Waals surface area contributed by atoms with Gasteiger partial charge in [0.15, 0.2) is 0 Å². The third-order valence-corrected chi connectivity index (χ3v) is 4.52. The van der Waals surface area contributed by atoms with Crippen LogP contribution in [0.4, 0.5) is 0 Å². The summed E-state index contributed by atoms with van der Waals surface area (Å²) in [5, 5.41) is 4.06. The summed E-state index contributed by atoms with van der Waals surface area (Å²) in [5.74, 6) is 2.68. The standard InChI is InChI=1S/C18H24N4O3/c1-21(10-13-4-9-17(23)22(2)11-13)12-16-19-18(20-25-16)14-5-7-15(24-3)8-6-14/h5-8,13H,4,9-12H2,1-3H3. The lowest BCUT2D eigenvalue weighted by atomic mass is 9.97. The molecule has 0 bridgehead atoms. The number of nitrogens with zero attached hydrogens (tertiary/aromatic N) is 4. The largest absolute Gasteiger partial charge is 0.497 e. The smallest absolute Gasteiger partial charge is 0.241 e. The van der Waals surface area contributed by atoms with E-state index in [1.54, 1.807) is 7.11 Å². The number of likely N-dealkylation sites (tertiary alicyclic amines) is 1. The predicted molar refractivity (Wildman–Crippen MR) is 93.0 cm³/mol. The molecule has 2 aromatic rings. The lowest BCUT2D eigenvalue weighted by Gasteiger charge is -2.31. The molecule has 7 nitrogen and oxygen atoms in total. The average Bonchev–Trinajstić information content (AvgIpc) is 3.06. The molecule has 1 saturated heterocycles. The molecular formula is C18H24N4O3. The van der Waals surface area contributed by atoms with Gasteiger partial charge < -0.3 is 14.2 Å². The quantitative estimate of drug-likeness (QED) is 0.799. The predicted octanol–water partition coefficient (Wildman–Crippen LogP) is 2.05. The number of rotatable bonds is 6. The van der Waals surface area contributed by atoms with Crippen molar-refractivity contribution < 1.29 is 14.1 Å². The number of hydrogen-bond acceptors (Lipinski definition) is 6. The first kappa shape index (κ1) is 17.4. The normalized spacial score (nSPS) is 18.0. The van der Waals surface area contributed by atoms with Crippen molar-refractivity contribution in [3.05, 3.63) is 30.2 Å². The van der Waals surface area contributed by atoms with E-state index in [0.717, 1.165) is 30.8 Å². The van der Waals surface area contributed by atoms with Crippen LogP contribution in [-0.4, -0.2) is 60.1 Å². The van der Waals surface area contributed by atoms with E-state index >= 15 is 0 Å². The summed E-state index contributed by atoms with van der Waals surface area (Å²) >= 11 is 0. The monoisotopic (exact) mass is 344 g/mol. The van der Waals surface area contributed by atoms with Gasteiger partial charge in [-0.1, -0.05) is 5.16 Å². The van der Waals surface area contributed by atoms with Crippen LogP contribution in [0.1, 0.15) is 18.7 Å². The fourth-order valence-electron chi connectivity index (χ4n) is 3.16. The van der Waals surface area contributed by atoms with Crippen molar-refractivity contribution >= 4 is 5.91 Å².